The zero-order valence-electron chi connectivity index (χ0n) is 11.3. The second-order valence-corrected chi connectivity index (χ2v) is 6.01. The fraction of sp³-hybridized carbons (Fsp3) is 0.929. The van der Waals surface area contributed by atoms with Crippen molar-refractivity contribution in [3.8, 4) is 0 Å². The Bertz CT molecular complexity index is 234. The second kappa shape index (κ2) is 7.00. The highest BCUT2D eigenvalue weighted by Gasteiger charge is 2.20. The molecule has 3 heteroatoms. The normalized spacial score (nSPS) is 16.6. The highest BCUT2D eigenvalue weighted by Crippen LogP contribution is 2.29. The minimum atomic E-state index is -0.0468. The smallest absolute Gasteiger partial charge is 0.305 e. The SMILES string of the molecule is CC(C)(CCN)CCC(=O)OCCC1CCC1. The fourth-order valence-corrected chi connectivity index (χ4v) is 2.15. The molecule has 2 N–H and O–H groups in total. The van der Waals surface area contributed by atoms with E-state index in [-0.39, 0.29) is 11.4 Å². The maximum absolute atomic E-state index is 11.5. The summed E-state index contributed by atoms with van der Waals surface area (Å²) >= 11 is 0. The van der Waals surface area contributed by atoms with Crippen molar-refractivity contribution in [1.29, 1.82) is 0 Å². The Kier molecular flexibility index (Phi) is 5.96. The number of hydrogen-bond acceptors (Lipinski definition) is 3. The van der Waals surface area contributed by atoms with Crippen molar-refractivity contribution in [3.63, 3.8) is 0 Å². The number of carbonyl (C=O) groups excluding carboxylic acids is 1. The van der Waals surface area contributed by atoms with Gasteiger partial charge in [-0.1, -0.05) is 33.1 Å². The van der Waals surface area contributed by atoms with Gasteiger partial charge in [-0.25, -0.2) is 0 Å². The quantitative estimate of drug-likeness (QED) is 0.665. The summed E-state index contributed by atoms with van der Waals surface area (Å²) in [7, 11) is 0. The standard InChI is InChI=1S/C14H27NO2/c1-14(2,9-10-15)8-6-13(16)17-11-7-12-4-3-5-12/h12H,3-11,15H2,1-2H3. The number of ether oxygens (including phenoxy) is 1. The van der Waals surface area contributed by atoms with Gasteiger partial charge in [-0.05, 0) is 37.1 Å². The second-order valence-electron chi connectivity index (χ2n) is 6.01. The van der Waals surface area contributed by atoms with Crippen molar-refractivity contribution >= 4 is 5.97 Å². The van der Waals surface area contributed by atoms with Gasteiger partial charge in [0.05, 0.1) is 6.61 Å². The van der Waals surface area contributed by atoms with Gasteiger partial charge in [0, 0.05) is 6.42 Å². The predicted molar refractivity (Wildman–Crippen MR) is 69.6 cm³/mol. The highest BCUT2D eigenvalue weighted by molar-refractivity contribution is 5.69. The first-order valence-electron chi connectivity index (χ1n) is 6.89. The van der Waals surface area contributed by atoms with E-state index in [1.165, 1.54) is 19.3 Å². The van der Waals surface area contributed by atoms with E-state index in [0.29, 0.717) is 19.6 Å². The van der Waals surface area contributed by atoms with Crippen LogP contribution in [0.3, 0.4) is 0 Å². The van der Waals surface area contributed by atoms with Crippen molar-refractivity contribution < 1.29 is 9.53 Å². The zero-order valence-corrected chi connectivity index (χ0v) is 11.3. The average molecular weight is 241 g/mol. The van der Waals surface area contributed by atoms with Gasteiger partial charge in [0.25, 0.3) is 0 Å². The van der Waals surface area contributed by atoms with Crippen LogP contribution in [-0.4, -0.2) is 19.1 Å². The molecule has 0 aromatic heterocycles. The molecule has 0 aromatic carbocycles. The van der Waals surface area contributed by atoms with Gasteiger partial charge < -0.3 is 10.5 Å². The molecule has 0 atom stereocenters. The Hall–Kier alpha value is -0.570. The zero-order chi connectivity index (χ0) is 12.7. The van der Waals surface area contributed by atoms with Crippen molar-refractivity contribution in [2.24, 2.45) is 17.1 Å². The molecule has 0 amide bonds. The Balaban J connectivity index is 2.03. The molecule has 1 rings (SSSR count). The van der Waals surface area contributed by atoms with E-state index < -0.39 is 0 Å². The van der Waals surface area contributed by atoms with Crippen LogP contribution in [0, 0.1) is 11.3 Å². The molecule has 0 unspecified atom stereocenters. The van der Waals surface area contributed by atoms with Crippen molar-refractivity contribution in [1.82, 2.24) is 0 Å². The summed E-state index contributed by atoms with van der Waals surface area (Å²) in [6, 6.07) is 0. The fourth-order valence-electron chi connectivity index (χ4n) is 2.15. The van der Waals surface area contributed by atoms with Crippen molar-refractivity contribution in [3.05, 3.63) is 0 Å². The summed E-state index contributed by atoms with van der Waals surface area (Å²) in [5.41, 5.74) is 5.69. The largest absolute Gasteiger partial charge is 0.466 e. The van der Waals surface area contributed by atoms with Crippen LogP contribution in [0.25, 0.3) is 0 Å². The van der Waals surface area contributed by atoms with Crippen LogP contribution in [0.15, 0.2) is 0 Å². The van der Waals surface area contributed by atoms with Gasteiger partial charge in [0.15, 0.2) is 0 Å². The average Bonchev–Trinajstić information content (AvgIpc) is 2.19. The minimum absolute atomic E-state index is 0.0468. The first kappa shape index (κ1) is 14.5. The van der Waals surface area contributed by atoms with E-state index in [0.717, 1.165) is 25.2 Å². The third-order valence-corrected chi connectivity index (χ3v) is 3.84. The summed E-state index contributed by atoms with van der Waals surface area (Å²) < 4.78 is 5.25. The van der Waals surface area contributed by atoms with E-state index in [1.54, 1.807) is 0 Å². The maximum atomic E-state index is 11.5. The van der Waals surface area contributed by atoms with E-state index in [9.17, 15) is 4.79 Å². The number of esters is 1. The molecule has 1 aliphatic rings. The lowest BCUT2D eigenvalue weighted by Crippen LogP contribution is -2.20. The van der Waals surface area contributed by atoms with Gasteiger partial charge in [0.2, 0.25) is 0 Å². The molecular weight excluding hydrogens is 214 g/mol. The van der Waals surface area contributed by atoms with Gasteiger partial charge >= 0.3 is 5.97 Å². The van der Waals surface area contributed by atoms with Crippen LogP contribution in [-0.2, 0) is 9.53 Å². The molecular formula is C14H27NO2. The first-order valence-corrected chi connectivity index (χ1v) is 6.89. The number of hydrogen-bond donors (Lipinski definition) is 1. The molecule has 17 heavy (non-hydrogen) atoms. The summed E-state index contributed by atoms with van der Waals surface area (Å²) in [5.74, 6) is 0.769. The number of carbonyl (C=O) groups is 1. The lowest BCUT2D eigenvalue weighted by molar-refractivity contribution is -0.144. The van der Waals surface area contributed by atoms with Crippen LogP contribution >= 0.6 is 0 Å². The van der Waals surface area contributed by atoms with E-state index in [1.807, 2.05) is 0 Å². The molecule has 0 spiro atoms. The van der Waals surface area contributed by atoms with Gasteiger partial charge in [-0.3, -0.25) is 4.79 Å². The maximum Gasteiger partial charge on any atom is 0.305 e. The van der Waals surface area contributed by atoms with Crippen LogP contribution < -0.4 is 5.73 Å². The molecule has 1 saturated carbocycles. The molecule has 0 saturated heterocycles. The van der Waals surface area contributed by atoms with Crippen LogP contribution in [0.5, 0.6) is 0 Å². The third kappa shape index (κ3) is 6.06. The molecule has 3 nitrogen and oxygen atoms in total. The third-order valence-electron chi connectivity index (χ3n) is 3.84. The van der Waals surface area contributed by atoms with Crippen LogP contribution in [0.4, 0.5) is 0 Å². The van der Waals surface area contributed by atoms with E-state index in [4.69, 9.17) is 10.5 Å². The van der Waals surface area contributed by atoms with E-state index in [2.05, 4.69) is 13.8 Å². The number of rotatable bonds is 8. The molecule has 1 fully saturated rings. The lowest BCUT2D eigenvalue weighted by Gasteiger charge is -2.25. The first-order chi connectivity index (χ1) is 8.03. The Labute approximate surface area is 105 Å². The summed E-state index contributed by atoms with van der Waals surface area (Å²) in [6.07, 6.45) is 7.40. The predicted octanol–water partition coefficient (Wildman–Crippen LogP) is 2.88. The Morgan fingerprint density at radius 2 is 2.06 bits per heavy atom. The van der Waals surface area contributed by atoms with Crippen molar-refractivity contribution in [2.75, 3.05) is 13.2 Å². The molecule has 1 aliphatic carbocycles. The lowest BCUT2D eigenvalue weighted by atomic mass is 9.83. The summed E-state index contributed by atoms with van der Waals surface area (Å²) in [6.45, 7) is 5.60. The molecule has 100 valence electrons. The Morgan fingerprint density at radius 1 is 1.35 bits per heavy atom. The molecule has 0 aromatic rings. The van der Waals surface area contributed by atoms with Crippen molar-refractivity contribution in [2.45, 2.75) is 58.8 Å². The highest BCUT2D eigenvalue weighted by atomic mass is 16.5. The van der Waals surface area contributed by atoms with Gasteiger partial charge in [0.1, 0.15) is 0 Å². The molecule has 0 bridgehead atoms. The summed E-state index contributed by atoms with van der Waals surface area (Å²) in [5, 5.41) is 0. The molecule has 0 aliphatic heterocycles. The monoisotopic (exact) mass is 241 g/mol. The molecule has 0 radical (unpaired) electrons. The molecule has 0 heterocycles. The Morgan fingerprint density at radius 3 is 2.59 bits per heavy atom. The summed E-state index contributed by atoms with van der Waals surface area (Å²) in [4.78, 5) is 11.5. The van der Waals surface area contributed by atoms with E-state index >= 15 is 0 Å². The minimum Gasteiger partial charge on any atom is -0.466 e. The van der Waals surface area contributed by atoms with Gasteiger partial charge in [-0.15, -0.1) is 0 Å². The van der Waals surface area contributed by atoms with Crippen LogP contribution in [0.2, 0.25) is 0 Å². The topological polar surface area (TPSA) is 52.3 Å². The van der Waals surface area contributed by atoms with Crippen LogP contribution in [0.1, 0.15) is 58.8 Å². The number of nitrogens with two attached hydrogens (primary N) is 1. The van der Waals surface area contributed by atoms with Gasteiger partial charge in [-0.2, -0.15) is 0 Å².